The van der Waals surface area contributed by atoms with E-state index < -0.39 is 0 Å². The molecule has 1 spiro atoms. The van der Waals surface area contributed by atoms with Gasteiger partial charge in [0.25, 0.3) is 0 Å². The molecule has 4 heteroatoms. The van der Waals surface area contributed by atoms with Crippen molar-refractivity contribution >= 4 is 17.3 Å². The Morgan fingerprint density at radius 2 is 2.20 bits per heavy atom. The van der Waals surface area contributed by atoms with E-state index in [2.05, 4.69) is 5.43 Å². The first kappa shape index (κ1) is 8.73. The lowest BCUT2D eigenvalue weighted by Gasteiger charge is -2.17. The third kappa shape index (κ3) is 1.37. The first-order valence-corrected chi connectivity index (χ1v) is 5.15. The molecular formula is C11H13N3O. The standard InChI is InChI=1S/C11H13N3O/c12-8-2-1-3-9(6-8)14-10(15)7-11(13-14)4-5-11/h1-3,6,13H,4-5,7,12H2. The topological polar surface area (TPSA) is 58.4 Å². The molecule has 2 aliphatic rings. The fourth-order valence-corrected chi connectivity index (χ4v) is 2.02. The number of nitrogen functional groups attached to an aromatic ring is 1. The molecule has 0 radical (unpaired) electrons. The average molecular weight is 203 g/mol. The van der Waals surface area contributed by atoms with E-state index in [1.165, 1.54) is 0 Å². The van der Waals surface area contributed by atoms with Gasteiger partial charge >= 0.3 is 0 Å². The van der Waals surface area contributed by atoms with E-state index in [1.807, 2.05) is 24.3 Å². The molecule has 1 amide bonds. The van der Waals surface area contributed by atoms with Crippen LogP contribution in [0, 0.1) is 0 Å². The van der Waals surface area contributed by atoms with Crippen molar-refractivity contribution in [1.29, 1.82) is 0 Å². The van der Waals surface area contributed by atoms with Crippen molar-refractivity contribution in [3.63, 3.8) is 0 Å². The molecule has 1 saturated carbocycles. The minimum Gasteiger partial charge on any atom is -0.399 e. The highest BCUT2D eigenvalue weighted by molar-refractivity contribution is 5.96. The van der Waals surface area contributed by atoms with E-state index in [-0.39, 0.29) is 11.4 Å². The van der Waals surface area contributed by atoms with Crippen LogP contribution in [0.25, 0.3) is 0 Å². The van der Waals surface area contributed by atoms with Gasteiger partial charge in [-0.3, -0.25) is 4.79 Å². The zero-order valence-corrected chi connectivity index (χ0v) is 8.36. The Morgan fingerprint density at radius 3 is 2.80 bits per heavy atom. The summed E-state index contributed by atoms with van der Waals surface area (Å²) >= 11 is 0. The summed E-state index contributed by atoms with van der Waals surface area (Å²) in [5.41, 5.74) is 10.5. The molecule has 0 atom stereocenters. The predicted molar refractivity (Wildman–Crippen MR) is 58.1 cm³/mol. The molecule has 1 heterocycles. The Balaban J connectivity index is 1.91. The second kappa shape index (κ2) is 2.73. The van der Waals surface area contributed by atoms with Crippen molar-refractivity contribution in [2.24, 2.45) is 0 Å². The number of rotatable bonds is 1. The van der Waals surface area contributed by atoms with Crippen molar-refractivity contribution in [3.05, 3.63) is 24.3 Å². The number of amides is 1. The lowest BCUT2D eigenvalue weighted by Crippen LogP contribution is -2.38. The first-order chi connectivity index (χ1) is 7.19. The zero-order valence-electron chi connectivity index (χ0n) is 8.36. The molecule has 15 heavy (non-hydrogen) atoms. The second-order valence-corrected chi connectivity index (χ2v) is 4.39. The van der Waals surface area contributed by atoms with Gasteiger partial charge in [-0.2, -0.15) is 0 Å². The number of nitrogens with two attached hydrogens (primary N) is 1. The van der Waals surface area contributed by atoms with Gasteiger partial charge in [0.2, 0.25) is 5.91 Å². The third-order valence-electron chi connectivity index (χ3n) is 3.07. The second-order valence-electron chi connectivity index (χ2n) is 4.39. The molecule has 1 aliphatic heterocycles. The van der Waals surface area contributed by atoms with Crippen LogP contribution in [0.3, 0.4) is 0 Å². The number of hydrazine groups is 1. The van der Waals surface area contributed by atoms with Gasteiger partial charge in [0.05, 0.1) is 5.69 Å². The SMILES string of the molecule is Nc1cccc(N2NC3(CC3)CC2=O)c1. The quantitative estimate of drug-likeness (QED) is 0.670. The molecule has 2 fully saturated rings. The normalized spacial score (nSPS) is 22.4. The van der Waals surface area contributed by atoms with Crippen molar-refractivity contribution in [2.45, 2.75) is 24.8 Å². The van der Waals surface area contributed by atoms with Crippen LogP contribution in [-0.4, -0.2) is 11.4 Å². The van der Waals surface area contributed by atoms with Crippen molar-refractivity contribution in [1.82, 2.24) is 5.43 Å². The molecule has 3 N–H and O–H groups in total. The smallest absolute Gasteiger partial charge is 0.243 e. The largest absolute Gasteiger partial charge is 0.399 e. The third-order valence-corrected chi connectivity index (χ3v) is 3.07. The van der Waals surface area contributed by atoms with Crippen LogP contribution in [-0.2, 0) is 4.79 Å². The first-order valence-electron chi connectivity index (χ1n) is 5.15. The van der Waals surface area contributed by atoms with Gasteiger partial charge in [-0.05, 0) is 31.0 Å². The molecule has 3 rings (SSSR count). The van der Waals surface area contributed by atoms with Gasteiger partial charge in [0.15, 0.2) is 0 Å². The highest BCUT2D eigenvalue weighted by Gasteiger charge is 2.52. The lowest BCUT2D eigenvalue weighted by atomic mass is 10.2. The van der Waals surface area contributed by atoms with E-state index >= 15 is 0 Å². The zero-order chi connectivity index (χ0) is 10.5. The molecule has 0 aromatic heterocycles. The fraction of sp³-hybridized carbons (Fsp3) is 0.364. The molecular weight excluding hydrogens is 190 g/mol. The van der Waals surface area contributed by atoms with Gasteiger partial charge < -0.3 is 5.73 Å². The van der Waals surface area contributed by atoms with E-state index in [0.717, 1.165) is 18.5 Å². The van der Waals surface area contributed by atoms with Gasteiger partial charge in [-0.25, -0.2) is 10.4 Å². The van der Waals surface area contributed by atoms with Crippen LogP contribution >= 0.6 is 0 Å². The van der Waals surface area contributed by atoms with Crippen LogP contribution in [0.4, 0.5) is 11.4 Å². The fourth-order valence-electron chi connectivity index (χ4n) is 2.02. The minimum atomic E-state index is 0.0711. The highest BCUT2D eigenvalue weighted by Crippen LogP contribution is 2.43. The molecule has 1 aromatic carbocycles. The van der Waals surface area contributed by atoms with Crippen LogP contribution in [0.2, 0.25) is 0 Å². The Labute approximate surface area is 88.0 Å². The van der Waals surface area contributed by atoms with Crippen LogP contribution in [0.5, 0.6) is 0 Å². The molecule has 4 nitrogen and oxygen atoms in total. The van der Waals surface area contributed by atoms with Crippen molar-refractivity contribution in [3.8, 4) is 0 Å². The van der Waals surface area contributed by atoms with Gasteiger partial charge in [-0.1, -0.05) is 6.07 Å². The summed E-state index contributed by atoms with van der Waals surface area (Å²) in [7, 11) is 0. The maximum atomic E-state index is 11.8. The number of hydrogen-bond acceptors (Lipinski definition) is 3. The van der Waals surface area contributed by atoms with Gasteiger partial charge in [0, 0.05) is 17.6 Å². The predicted octanol–water partition coefficient (Wildman–Crippen LogP) is 1.04. The average Bonchev–Trinajstić information content (AvgIpc) is 2.85. The number of hydrogen-bond donors (Lipinski definition) is 2. The molecule has 0 unspecified atom stereocenters. The number of carbonyl (C=O) groups excluding carboxylic acids is 1. The van der Waals surface area contributed by atoms with Crippen LogP contribution in [0.1, 0.15) is 19.3 Å². The monoisotopic (exact) mass is 203 g/mol. The van der Waals surface area contributed by atoms with Crippen molar-refractivity contribution < 1.29 is 4.79 Å². The number of anilines is 2. The summed E-state index contributed by atoms with van der Waals surface area (Å²) in [4.78, 5) is 11.8. The summed E-state index contributed by atoms with van der Waals surface area (Å²) in [6.45, 7) is 0. The summed E-state index contributed by atoms with van der Waals surface area (Å²) in [5, 5.41) is 1.63. The number of nitrogens with zero attached hydrogens (tertiary/aromatic N) is 1. The summed E-state index contributed by atoms with van der Waals surface area (Å²) in [5.74, 6) is 0.137. The lowest BCUT2D eigenvalue weighted by molar-refractivity contribution is -0.117. The number of carbonyl (C=O) groups is 1. The summed E-state index contributed by atoms with van der Waals surface area (Å²) in [6, 6.07) is 7.38. The molecule has 1 saturated heterocycles. The molecule has 0 bridgehead atoms. The van der Waals surface area contributed by atoms with Crippen molar-refractivity contribution in [2.75, 3.05) is 10.7 Å². The van der Waals surface area contributed by atoms with Gasteiger partial charge in [-0.15, -0.1) is 0 Å². The molecule has 78 valence electrons. The Morgan fingerprint density at radius 1 is 1.40 bits per heavy atom. The number of benzene rings is 1. The maximum absolute atomic E-state index is 11.8. The summed E-state index contributed by atoms with van der Waals surface area (Å²) < 4.78 is 0. The van der Waals surface area contributed by atoms with Crippen LogP contribution < -0.4 is 16.2 Å². The number of nitrogens with one attached hydrogen (secondary N) is 1. The van der Waals surface area contributed by atoms with Gasteiger partial charge in [0.1, 0.15) is 0 Å². The summed E-state index contributed by atoms with van der Waals surface area (Å²) in [6.07, 6.45) is 2.80. The van der Waals surface area contributed by atoms with Crippen LogP contribution in [0.15, 0.2) is 24.3 Å². The maximum Gasteiger partial charge on any atom is 0.243 e. The molecule has 1 aliphatic carbocycles. The Kier molecular flexibility index (Phi) is 1.59. The molecule has 1 aromatic rings. The Hall–Kier alpha value is -1.55. The van der Waals surface area contributed by atoms with E-state index in [9.17, 15) is 4.79 Å². The highest BCUT2D eigenvalue weighted by atomic mass is 16.2. The Bertz CT molecular complexity index is 426. The van der Waals surface area contributed by atoms with E-state index in [4.69, 9.17) is 5.73 Å². The minimum absolute atomic E-state index is 0.0711. The van der Waals surface area contributed by atoms with E-state index in [0.29, 0.717) is 12.1 Å². The van der Waals surface area contributed by atoms with E-state index in [1.54, 1.807) is 5.01 Å².